The van der Waals surface area contributed by atoms with Crippen molar-refractivity contribution in [3.05, 3.63) is 0 Å². The molecule has 4 rings (SSSR count). The van der Waals surface area contributed by atoms with E-state index in [-0.39, 0.29) is 17.5 Å². The van der Waals surface area contributed by atoms with E-state index in [2.05, 4.69) is 13.8 Å². The average molecular weight is 264 g/mol. The van der Waals surface area contributed by atoms with Crippen molar-refractivity contribution in [1.82, 2.24) is 0 Å². The lowest BCUT2D eigenvalue weighted by atomic mass is 9.47. The van der Waals surface area contributed by atoms with Crippen molar-refractivity contribution < 1.29 is 9.53 Å². The monoisotopic (exact) mass is 264 g/mol. The van der Waals surface area contributed by atoms with E-state index in [4.69, 9.17) is 4.74 Å². The van der Waals surface area contributed by atoms with Crippen LogP contribution in [0.25, 0.3) is 0 Å². The van der Waals surface area contributed by atoms with Gasteiger partial charge >= 0.3 is 5.97 Å². The number of esters is 1. The Morgan fingerprint density at radius 1 is 0.947 bits per heavy atom. The van der Waals surface area contributed by atoms with E-state index in [0.29, 0.717) is 17.8 Å². The molecule has 0 radical (unpaired) electrons. The molecular weight excluding hydrogens is 236 g/mol. The molecular formula is C17H28O2. The van der Waals surface area contributed by atoms with Crippen LogP contribution < -0.4 is 0 Å². The van der Waals surface area contributed by atoms with Crippen molar-refractivity contribution in [1.29, 1.82) is 0 Å². The van der Waals surface area contributed by atoms with E-state index in [9.17, 15) is 4.79 Å². The van der Waals surface area contributed by atoms with Gasteiger partial charge in [-0.3, -0.25) is 4.79 Å². The predicted octanol–water partition coefficient (Wildman–Crippen LogP) is 4.04. The van der Waals surface area contributed by atoms with Crippen molar-refractivity contribution in [3.63, 3.8) is 0 Å². The maximum Gasteiger partial charge on any atom is 0.308 e. The number of ether oxygens (including phenoxy) is 1. The van der Waals surface area contributed by atoms with E-state index in [0.717, 1.165) is 11.8 Å². The van der Waals surface area contributed by atoms with E-state index >= 15 is 0 Å². The SMILES string of the molecule is CC(C)C(=O)OC1(C(C)C)C2CC3CC(C2)CC1C3. The van der Waals surface area contributed by atoms with E-state index < -0.39 is 0 Å². The van der Waals surface area contributed by atoms with Crippen LogP contribution in [0.2, 0.25) is 0 Å². The Morgan fingerprint density at radius 2 is 1.42 bits per heavy atom. The molecule has 0 atom stereocenters. The van der Waals surface area contributed by atoms with E-state index in [1.54, 1.807) is 0 Å². The van der Waals surface area contributed by atoms with Gasteiger partial charge in [0.25, 0.3) is 0 Å². The first kappa shape index (κ1) is 13.5. The zero-order valence-electron chi connectivity index (χ0n) is 12.8. The van der Waals surface area contributed by atoms with Crippen LogP contribution in [0.15, 0.2) is 0 Å². The minimum absolute atomic E-state index is 0.00666. The summed E-state index contributed by atoms with van der Waals surface area (Å²) in [5.41, 5.74) is -0.144. The van der Waals surface area contributed by atoms with Gasteiger partial charge in [0, 0.05) is 0 Å². The zero-order valence-corrected chi connectivity index (χ0v) is 12.8. The fourth-order valence-electron chi connectivity index (χ4n) is 5.44. The highest BCUT2D eigenvalue weighted by molar-refractivity contribution is 5.72. The maximum atomic E-state index is 12.2. The molecule has 2 heteroatoms. The van der Waals surface area contributed by atoms with Gasteiger partial charge in [-0.1, -0.05) is 27.7 Å². The van der Waals surface area contributed by atoms with Gasteiger partial charge in [-0.05, 0) is 61.7 Å². The Bertz CT molecular complexity index is 341. The fourth-order valence-corrected chi connectivity index (χ4v) is 5.44. The summed E-state index contributed by atoms with van der Waals surface area (Å²) in [5.74, 6) is 3.57. The molecule has 0 heterocycles. The molecule has 0 unspecified atom stereocenters. The topological polar surface area (TPSA) is 26.3 Å². The Hall–Kier alpha value is -0.530. The summed E-state index contributed by atoms with van der Waals surface area (Å²) >= 11 is 0. The number of hydrogen-bond acceptors (Lipinski definition) is 2. The van der Waals surface area contributed by atoms with Gasteiger partial charge in [0.15, 0.2) is 0 Å². The van der Waals surface area contributed by atoms with E-state index in [1.807, 2.05) is 13.8 Å². The molecule has 0 spiro atoms. The molecule has 108 valence electrons. The molecule has 4 saturated carbocycles. The van der Waals surface area contributed by atoms with Crippen LogP contribution in [0.4, 0.5) is 0 Å². The van der Waals surface area contributed by atoms with Crippen LogP contribution in [-0.4, -0.2) is 11.6 Å². The first-order valence-electron chi connectivity index (χ1n) is 8.16. The number of carbonyl (C=O) groups excluding carboxylic acids is 1. The lowest BCUT2D eigenvalue weighted by molar-refractivity contribution is -0.227. The zero-order chi connectivity index (χ0) is 13.8. The van der Waals surface area contributed by atoms with Gasteiger partial charge in [-0.15, -0.1) is 0 Å². The Kier molecular flexibility index (Phi) is 3.18. The Labute approximate surface area is 117 Å². The highest BCUT2D eigenvalue weighted by atomic mass is 16.6. The third kappa shape index (κ3) is 1.94. The molecule has 0 aliphatic heterocycles. The molecule has 0 N–H and O–H groups in total. The molecule has 4 bridgehead atoms. The summed E-state index contributed by atoms with van der Waals surface area (Å²) in [6.07, 6.45) is 6.65. The second-order valence-electron chi connectivity index (χ2n) is 7.89. The predicted molar refractivity (Wildman–Crippen MR) is 75.5 cm³/mol. The Balaban J connectivity index is 1.90. The van der Waals surface area contributed by atoms with Crippen molar-refractivity contribution in [2.75, 3.05) is 0 Å². The lowest BCUT2D eigenvalue weighted by Crippen LogP contribution is -2.62. The molecule has 0 aromatic rings. The highest BCUT2D eigenvalue weighted by Crippen LogP contribution is 2.61. The molecule has 4 aliphatic carbocycles. The molecule has 0 aromatic heterocycles. The summed E-state index contributed by atoms with van der Waals surface area (Å²) < 4.78 is 6.20. The van der Waals surface area contributed by atoms with Crippen molar-refractivity contribution in [3.8, 4) is 0 Å². The van der Waals surface area contributed by atoms with Gasteiger partial charge in [-0.2, -0.15) is 0 Å². The third-order valence-electron chi connectivity index (χ3n) is 6.07. The largest absolute Gasteiger partial charge is 0.458 e. The van der Waals surface area contributed by atoms with Crippen LogP contribution >= 0.6 is 0 Å². The molecule has 0 amide bonds. The van der Waals surface area contributed by atoms with Crippen molar-refractivity contribution in [2.24, 2.45) is 35.5 Å². The van der Waals surface area contributed by atoms with Crippen LogP contribution in [0.3, 0.4) is 0 Å². The maximum absolute atomic E-state index is 12.2. The van der Waals surface area contributed by atoms with Crippen LogP contribution in [-0.2, 0) is 9.53 Å². The lowest BCUT2D eigenvalue weighted by Gasteiger charge is -2.62. The fraction of sp³-hybridized carbons (Fsp3) is 0.941. The molecule has 0 saturated heterocycles. The number of rotatable bonds is 3. The minimum atomic E-state index is -0.144. The molecule has 4 aliphatic rings. The quantitative estimate of drug-likeness (QED) is 0.719. The van der Waals surface area contributed by atoms with E-state index in [1.165, 1.54) is 32.1 Å². The first-order valence-corrected chi connectivity index (χ1v) is 8.16. The molecule has 4 fully saturated rings. The second-order valence-corrected chi connectivity index (χ2v) is 7.89. The second kappa shape index (κ2) is 4.49. The van der Waals surface area contributed by atoms with Crippen molar-refractivity contribution in [2.45, 2.75) is 65.4 Å². The summed E-state index contributed by atoms with van der Waals surface area (Å²) in [4.78, 5) is 12.2. The summed E-state index contributed by atoms with van der Waals surface area (Å²) in [7, 11) is 0. The average Bonchev–Trinajstić information content (AvgIpc) is 2.32. The van der Waals surface area contributed by atoms with Crippen LogP contribution in [0.1, 0.15) is 59.8 Å². The first-order chi connectivity index (χ1) is 8.93. The van der Waals surface area contributed by atoms with Gasteiger partial charge in [0.1, 0.15) is 5.60 Å². The van der Waals surface area contributed by atoms with Gasteiger partial charge in [-0.25, -0.2) is 0 Å². The highest BCUT2D eigenvalue weighted by Gasteiger charge is 2.60. The third-order valence-corrected chi connectivity index (χ3v) is 6.07. The van der Waals surface area contributed by atoms with Crippen molar-refractivity contribution >= 4 is 5.97 Å². The number of carbonyl (C=O) groups is 1. The summed E-state index contributed by atoms with van der Waals surface area (Å²) in [6, 6.07) is 0. The Morgan fingerprint density at radius 3 is 1.79 bits per heavy atom. The number of hydrogen-bond donors (Lipinski definition) is 0. The summed E-state index contributed by atoms with van der Waals surface area (Å²) in [6.45, 7) is 8.42. The van der Waals surface area contributed by atoms with Gasteiger partial charge in [0.2, 0.25) is 0 Å². The summed E-state index contributed by atoms with van der Waals surface area (Å²) in [5, 5.41) is 0. The smallest absolute Gasteiger partial charge is 0.308 e. The standard InChI is InChI=1S/C17H28O2/c1-10(2)16(18)19-17(11(3)4)14-6-12-5-13(8-14)9-15(17)7-12/h10-15H,5-9H2,1-4H3. The molecule has 0 aromatic carbocycles. The molecule has 19 heavy (non-hydrogen) atoms. The molecule has 2 nitrogen and oxygen atoms in total. The van der Waals surface area contributed by atoms with Crippen LogP contribution in [0.5, 0.6) is 0 Å². The van der Waals surface area contributed by atoms with Crippen LogP contribution in [0, 0.1) is 35.5 Å². The van der Waals surface area contributed by atoms with Gasteiger partial charge in [0.05, 0.1) is 5.92 Å². The normalized spacial score (nSPS) is 44.1. The minimum Gasteiger partial charge on any atom is -0.458 e. The van der Waals surface area contributed by atoms with Gasteiger partial charge < -0.3 is 4.74 Å².